The summed E-state index contributed by atoms with van der Waals surface area (Å²) in [4.78, 5) is 10.9. The number of carbonyl (C=O) groups is 1. The highest BCUT2D eigenvalue weighted by Gasteiger charge is 2.13. The van der Waals surface area contributed by atoms with Crippen molar-refractivity contribution < 1.29 is 9.53 Å². The lowest BCUT2D eigenvalue weighted by atomic mass is 10.2. The molecular weight excluding hydrogens is 184 g/mol. The van der Waals surface area contributed by atoms with Crippen LogP contribution in [-0.2, 0) is 0 Å². The lowest BCUT2D eigenvalue weighted by Crippen LogP contribution is -1.93. The van der Waals surface area contributed by atoms with Crippen molar-refractivity contribution in [3.05, 3.63) is 15.3 Å². The van der Waals surface area contributed by atoms with Crippen LogP contribution in [0.2, 0.25) is 4.34 Å². The zero-order chi connectivity index (χ0) is 8.43. The first-order valence-corrected chi connectivity index (χ1v) is 4.24. The number of hydrogen-bond donors (Lipinski definition) is 0. The average Bonchev–Trinajstić information content (AvgIpc) is 2.30. The summed E-state index contributed by atoms with van der Waals surface area (Å²) in [6.07, 6.45) is 0. The molecule has 11 heavy (non-hydrogen) atoms. The third-order valence-electron chi connectivity index (χ3n) is 1.29. The quantitative estimate of drug-likeness (QED) is 0.671. The number of Topliss-reactive ketones (excluding diaryl/α,β-unsaturated/α-hetero) is 1. The van der Waals surface area contributed by atoms with Crippen molar-refractivity contribution in [1.82, 2.24) is 0 Å². The monoisotopic (exact) mass is 190 g/mol. The average molecular weight is 191 g/mol. The van der Waals surface area contributed by atoms with Gasteiger partial charge in [-0.3, -0.25) is 4.79 Å². The van der Waals surface area contributed by atoms with Crippen LogP contribution in [0.25, 0.3) is 0 Å². The van der Waals surface area contributed by atoms with Crippen LogP contribution >= 0.6 is 22.9 Å². The highest BCUT2D eigenvalue weighted by atomic mass is 35.5. The van der Waals surface area contributed by atoms with Crippen molar-refractivity contribution in [1.29, 1.82) is 0 Å². The fourth-order valence-electron chi connectivity index (χ4n) is 0.757. The van der Waals surface area contributed by atoms with Crippen LogP contribution < -0.4 is 4.74 Å². The van der Waals surface area contributed by atoms with Gasteiger partial charge in [-0.05, 0) is 6.92 Å². The van der Waals surface area contributed by atoms with Gasteiger partial charge in [0.2, 0.25) is 0 Å². The number of methoxy groups -OCH3 is 1. The highest BCUT2D eigenvalue weighted by molar-refractivity contribution is 7.15. The van der Waals surface area contributed by atoms with Gasteiger partial charge in [0.1, 0.15) is 4.34 Å². The maximum atomic E-state index is 10.9. The van der Waals surface area contributed by atoms with Crippen LogP contribution in [-0.4, -0.2) is 12.9 Å². The summed E-state index contributed by atoms with van der Waals surface area (Å²) in [5.74, 6) is 0.467. The SMILES string of the molecule is COc1c(C(C)=O)csc1Cl. The Bertz CT molecular complexity index is 280. The first-order chi connectivity index (χ1) is 5.16. The Kier molecular flexibility index (Phi) is 2.52. The molecule has 0 radical (unpaired) electrons. The number of halogens is 1. The lowest BCUT2D eigenvalue weighted by Gasteiger charge is -1.98. The maximum absolute atomic E-state index is 10.9. The van der Waals surface area contributed by atoms with Crippen molar-refractivity contribution in [3.8, 4) is 5.75 Å². The Morgan fingerprint density at radius 1 is 1.73 bits per heavy atom. The molecule has 0 aliphatic heterocycles. The molecule has 1 aromatic rings. The van der Waals surface area contributed by atoms with Gasteiger partial charge in [-0.1, -0.05) is 11.6 Å². The molecule has 60 valence electrons. The van der Waals surface area contributed by atoms with E-state index in [0.717, 1.165) is 0 Å². The largest absolute Gasteiger partial charge is 0.494 e. The van der Waals surface area contributed by atoms with Gasteiger partial charge in [-0.25, -0.2) is 0 Å². The standard InChI is InChI=1S/C7H7ClO2S/c1-4(9)5-3-11-7(8)6(5)10-2/h3H,1-2H3. The number of hydrogen-bond acceptors (Lipinski definition) is 3. The van der Waals surface area contributed by atoms with Crippen LogP contribution in [0, 0.1) is 0 Å². The molecule has 4 heteroatoms. The van der Waals surface area contributed by atoms with Crippen molar-refractivity contribution in [3.63, 3.8) is 0 Å². The third kappa shape index (κ3) is 1.54. The van der Waals surface area contributed by atoms with Crippen molar-refractivity contribution in [2.24, 2.45) is 0 Å². The molecule has 0 N–H and O–H groups in total. The number of ketones is 1. The minimum atomic E-state index is -0.0231. The Hall–Kier alpha value is -0.540. The topological polar surface area (TPSA) is 26.3 Å². The molecule has 0 fully saturated rings. The molecule has 0 aliphatic carbocycles. The summed E-state index contributed by atoms with van der Waals surface area (Å²) < 4.78 is 5.46. The van der Waals surface area contributed by atoms with Gasteiger partial charge in [0.15, 0.2) is 11.5 Å². The molecular formula is C7H7ClO2S. The molecule has 1 aromatic heterocycles. The number of rotatable bonds is 2. The van der Waals surface area contributed by atoms with Crippen molar-refractivity contribution in [2.75, 3.05) is 7.11 Å². The van der Waals surface area contributed by atoms with Crippen LogP contribution in [0.1, 0.15) is 17.3 Å². The molecule has 0 bridgehead atoms. The predicted molar refractivity (Wildman–Crippen MR) is 45.9 cm³/mol. The number of carbonyl (C=O) groups excluding carboxylic acids is 1. The molecule has 1 heterocycles. The summed E-state index contributed by atoms with van der Waals surface area (Å²) >= 11 is 7.03. The Balaban J connectivity index is 3.15. The van der Waals surface area contributed by atoms with E-state index in [4.69, 9.17) is 16.3 Å². The molecule has 0 atom stereocenters. The van der Waals surface area contributed by atoms with E-state index in [2.05, 4.69) is 0 Å². The van der Waals surface area contributed by atoms with Crippen molar-refractivity contribution in [2.45, 2.75) is 6.92 Å². The van der Waals surface area contributed by atoms with E-state index in [1.165, 1.54) is 25.4 Å². The summed E-state index contributed by atoms with van der Waals surface area (Å²) in [6, 6.07) is 0. The zero-order valence-electron chi connectivity index (χ0n) is 6.18. The summed E-state index contributed by atoms with van der Waals surface area (Å²) in [6.45, 7) is 1.49. The van der Waals surface area contributed by atoms with E-state index in [-0.39, 0.29) is 5.78 Å². The van der Waals surface area contributed by atoms with Crippen LogP contribution in [0.3, 0.4) is 0 Å². The molecule has 1 rings (SSSR count). The number of ether oxygens (including phenoxy) is 1. The first-order valence-electron chi connectivity index (χ1n) is 2.98. The Morgan fingerprint density at radius 2 is 2.36 bits per heavy atom. The van der Waals surface area contributed by atoms with Gasteiger partial charge >= 0.3 is 0 Å². The van der Waals surface area contributed by atoms with Gasteiger partial charge in [0.05, 0.1) is 12.7 Å². The van der Waals surface area contributed by atoms with Gasteiger partial charge in [0, 0.05) is 5.38 Å². The van der Waals surface area contributed by atoms with Crippen LogP contribution in [0.4, 0.5) is 0 Å². The zero-order valence-corrected chi connectivity index (χ0v) is 7.75. The van der Waals surface area contributed by atoms with Crippen LogP contribution in [0.15, 0.2) is 5.38 Å². The van der Waals surface area contributed by atoms with E-state index in [0.29, 0.717) is 15.6 Å². The predicted octanol–water partition coefficient (Wildman–Crippen LogP) is 2.61. The molecule has 0 amide bonds. The lowest BCUT2D eigenvalue weighted by molar-refractivity contribution is 0.101. The third-order valence-corrected chi connectivity index (χ3v) is 2.47. The fourth-order valence-corrected chi connectivity index (χ4v) is 1.86. The number of thiophene rings is 1. The Morgan fingerprint density at radius 3 is 2.73 bits per heavy atom. The summed E-state index contributed by atoms with van der Waals surface area (Å²) in [5, 5.41) is 1.70. The van der Waals surface area contributed by atoms with E-state index < -0.39 is 0 Å². The normalized spacial score (nSPS) is 9.73. The summed E-state index contributed by atoms with van der Waals surface area (Å²) in [5.41, 5.74) is 0.558. The van der Waals surface area contributed by atoms with Crippen LogP contribution in [0.5, 0.6) is 5.75 Å². The van der Waals surface area contributed by atoms with Gasteiger partial charge in [0.25, 0.3) is 0 Å². The van der Waals surface area contributed by atoms with Gasteiger partial charge < -0.3 is 4.74 Å². The molecule has 0 aliphatic rings. The molecule has 0 unspecified atom stereocenters. The smallest absolute Gasteiger partial charge is 0.164 e. The van der Waals surface area contributed by atoms with Crippen molar-refractivity contribution >= 4 is 28.7 Å². The van der Waals surface area contributed by atoms with E-state index in [9.17, 15) is 4.79 Å². The second-order valence-electron chi connectivity index (χ2n) is 2.01. The second kappa shape index (κ2) is 3.24. The molecule has 0 spiro atoms. The van der Waals surface area contributed by atoms with E-state index in [1.54, 1.807) is 5.38 Å². The van der Waals surface area contributed by atoms with E-state index >= 15 is 0 Å². The molecule has 0 saturated heterocycles. The maximum Gasteiger partial charge on any atom is 0.164 e. The summed E-state index contributed by atoms with van der Waals surface area (Å²) in [7, 11) is 1.50. The minimum absolute atomic E-state index is 0.0231. The van der Waals surface area contributed by atoms with Gasteiger partial charge in [-0.2, -0.15) is 0 Å². The molecule has 2 nitrogen and oxygen atoms in total. The first kappa shape index (κ1) is 8.56. The highest BCUT2D eigenvalue weighted by Crippen LogP contribution is 2.34. The molecule has 0 saturated carbocycles. The Labute approximate surface area is 73.7 Å². The molecule has 0 aromatic carbocycles. The second-order valence-corrected chi connectivity index (χ2v) is 3.49. The van der Waals surface area contributed by atoms with E-state index in [1.807, 2.05) is 0 Å². The minimum Gasteiger partial charge on any atom is -0.494 e. The fraction of sp³-hybridized carbons (Fsp3) is 0.286. The van der Waals surface area contributed by atoms with Gasteiger partial charge in [-0.15, -0.1) is 11.3 Å².